The van der Waals surface area contributed by atoms with E-state index in [0.29, 0.717) is 10.8 Å². The molecule has 3 rings (SSSR count). The van der Waals surface area contributed by atoms with Crippen LogP contribution in [0.15, 0.2) is 36.5 Å². The monoisotopic (exact) mass is 288 g/mol. The second kappa shape index (κ2) is 4.90. The first-order chi connectivity index (χ1) is 9.69. The minimum absolute atomic E-state index is 0.0265. The molecule has 1 aromatic carbocycles. The molecule has 6 nitrogen and oxygen atoms in total. The van der Waals surface area contributed by atoms with Gasteiger partial charge in [-0.05, 0) is 18.2 Å². The maximum absolute atomic E-state index is 11.5. The molecule has 0 aliphatic rings. The number of benzene rings is 1. The van der Waals surface area contributed by atoms with E-state index < -0.39 is 5.97 Å². The van der Waals surface area contributed by atoms with Crippen LogP contribution in [0.3, 0.4) is 0 Å². The minimum atomic E-state index is -0.599. The van der Waals surface area contributed by atoms with Crippen LogP contribution in [-0.2, 0) is 4.74 Å². The standard InChI is InChI=1S/C13H9ClN4O2/c1-20-12(19)11-16-13-15-7-6-10(18(13)17-11)8-2-4-9(14)5-3-8/h2-7H,1H3. The van der Waals surface area contributed by atoms with Gasteiger partial charge in [-0.2, -0.15) is 9.50 Å². The van der Waals surface area contributed by atoms with Crippen molar-refractivity contribution in [2.45, 2.75) is 0 Å². The van der Waals surface area contributed by atoms with Crippen LogP contribution < -0.4 is 0 Å². The van der Waals surface area contributed by atoms with E-state index in [1.54, 1.807) is 24.4 Å². The highest BCUT2D eigenvalue weighted by Gasteiger charge is 2.15. The molecule has 0 N–H and O–H groups in total. The van der Waals surface area contributed by atoms with Crippen LogP contribution in [0, 0.1) is 0 Å². The quantitative estimate of drug-likeness (QED) is 0.676. The van der Waals surface area contributed by atoms with E-state index in [-0.39, 0.29) is 5.82 Å². The Labute approximate surface area is 119 Å². The summed E-state index contributed by atoms with van der Waals surface area (Å²) in [5.41, 5.74) is 1.65. The summed E-state index contributed by atoms with van der Waals surface area (Å²) in [5.74, 6) is -0.295. The largest absolute Gasteiger partial charge is 0.463 e. The molecule has 20 heavy (non-hydrogen) atoms. The number of hydrogen-bond donors (Lipinski definition) is 0. The number of nitrogens with zero attached hydrogens (tertiary/aromatic N) is 4. The third-order valence-corrected chi connectivity index (χ3v) is 3.00. The summed E-state index contributed by atoms with van der Waals surface area (Å²) in [5, 5.41) is 4.76. The summed E-state index contributed by atoms with van der Waals surface area (Å²) in [7, 11) is 1.28. The van der Waals surface area contributed by atoms with E-state index in [9.17, 15) is 4.79 Å². The number of hydrogen-bond acceptors (Lipinski definition) is 5. The summed E-state index contributed by atoms with van der Waals surface area (Å²) in [4.78, 5) is 19.6. The number of carbonyl (C=O) groups excluding carboxylic acids is 1. The van der Waals surface area contributed by atoms with E-state index in [2.05, 4.69) is 19.8 Å². The molecule has 0 radical (unpaired) electrons. The van der Waals surface area contributed by atoms with Gasteiger partial charge in [0, 0.05) is 16.8 Å². The van der Waals surface area contributed by atoms with Crippen LogP contribution in [0.2, 0.25) is 5.02 Å². The van der Waals surface area contributed by atoms with Crippen LogP contribution in [0.25, 0.3) is 17.0 Å². The first kappa shape index (κ1) is 12.6. The van der Waals surface area contributed by atoms with Crippen LogP contribution in [0.1, 0.15) is 10.6 Å². The van der Waals surface area contributed by atoms with Crippen molar-refractivity contribution in [3.63, 3.8) is 0 Å². The Balaban J connectivity index is 2.18. The zero-order valence-electron chi connectivity index (χ0n) is 10.4. The third kappa shape index (κ3) is 2.10. The number of fused-ring (bicyclic) bond motifs is 1. The van der Waals surface area contributed by atoms with Crippen molar-refractivity contribution in [2.24, 2.45) is 0 Å². The highest BCUT2D eigenvalue weighted by atomic mass is 35.5. The molecule has 3 aromatic rings. The Morgan fingerprint density at radius 2 is 2.00 bits per heavy atom. The average molecular weight is 289 g/mol. The van der Waals surface area contributed by atoms with Gasteiger partial charge < -0.3 is 4.74 Å². The predicted molar refractivity (Wildman–Crippen MR) is 72.6 cm³/mol. The zero-order valence-corrected chi connectivity index (χ0v) is 11.2. The van der Waals surface area contributed by atoms with Gasteiger partial charge in [-0.25, -0.2) is 9.78 Å². The van der Waals surface area contributed by atoms with Gasteiger partial charge in [0.25, 0.3) is 11.6 Å². The highest BCUT2D eigenvalue weighted by molar-refractivity contribution is 6.30. The fourth-order valence-electron chi connectivity index (χ4n) is 1.81. The fraction of sp³-hybridized carbons (Fsp3) is 0.0769. The first-order valence-corrected chi connectivity index (χ1v) is 6.13. The number of rotatable bonds is 2. The van der Waals surface area contributed by atoms with Gasteiger partial charge in [0.1, 0.15) is 0 Å². The number of halogens is 1. The Kier molecular flexibility index (Phi) is 3.08. The second-order valence-electron chi connectivity index (χ2n) is 3.98. The Hall–Kier alpha value is -2.47. The van der Waals surface area contributed by atoms with Crippen molar-refractivity contribution in [3.05, 3.63) is 47.4 Å². The third-order valence-electron chi connectivity index (χ3n) is 2.75. The Morgan fingerprint density at radius 3 is 2.70 bits per heavy atom. The first-order valence-electron chi connectivity index (χ1n) is 5.75. The lowest BCUT2D eigenvalue weighted by atomic mass is 10.1. The molecule has 100 valence electrons. The normalized spacial score (nSPS) is 10.7. The number of aromatic nitrogens is 4. The SMILES string of the molecule is COC(=O)c1nc2nccc(-c3ccc(Cl)cc3)n2n1. The van der Waals surface area contributed by atoms with Crippen molar-refractivity contribution in [1.82, 2.24) is 19.6 Å². The Bertz CT molecular complexity index is 783. The molecule has 0 spiro atoms. The summed E-state index contributed by atoms with van der Waals surface area (Å²) < 4.78 is 6.10. The molecule has 0 unspecified atom stereocenters. The van der Waals surface area contributed by atoms with Gasteiger partial charge in [0.2, 0.25) is 0 Å². The molecule has 0 bridgehead atoms. The van der Waals surface area contributed by atoms with Gasteiger partial charge in [-0.1, -0.05) is 23.7 Å². The number of esters is 1. The van der Waals surface area contributed by atoms with Crippen molar-refractivity contribution in [1.29, 1.82) is 0 Å². The molecule has 0 saturated heterocycles. The van der Waals surface area contributed by atoms with E-state index in [1.807, 2.05) is 12.1 Å². The molecule has 2 aromatic heterocycles. The lowest BCUT2D eigenvalue weighted by Crippen LogP contribution is -2.04. The predicted octanol–water partition coefficient (Wildman–Crippen LogP) is 2.23. The minimum Gasteiger partial charge on any atom is -0.463 e. The van der Waals surface area contributed by atoms with Crippen molar-refractivity contribution < 1.29 is 9.53 Å². The summed E-state index contributed by atoms with van der Waals surface area (Å²) in [6, 6.07) is 9.06. The lowest BCUT2D eigenvalue weighted by molar-refractivity contribution is 0.0587. The summed E-state index contributed by atoms with van der Waals surface area (Å²) in [6.07, 6.45) is 1.61. The van der Waals surface area contributed by atoms with Crippen LogP contribution in [-0.4, -0.2) is 32.7 Å². The molecule has 7 heteroatoms. The molecule has 0 amide bonds. The summed E-state index contributed by atoms with van der Waals surface area (Å²) >= 11 is 5.87. The molecule has 0 aliphatic carbocycles. The van der Waals surface area contributed by atoms with E-state index >= 15 is 0 Å². The maximum atomic E-state index is 11.5. The van der Waals surface area contributed by atoms with Gasteiger partial charge in [0.05, 0.1) is 12.8 Å². The van der Waals surface area contributed by atoms with Gasteiger partial charge in [0.15, 0.2) is 0 Å². The fourth-order valence-corrected chi connectivity index (χ4v) is 1.94. The Morgan fingerprint density at radius 1 is 1.25 bits per heavy atom. The van der Waals surface area contributed by atoms with E-state index in [1.165, 1.54) is 11.6 Å². The molecular weight excluding hydrogens is 280 g/mol. The van der Waals surface area contributed by atoms with E-state index in [4.69, 9.17) is 11.6 Å². The number of methoxy groups -OCH3 is 1. The van der Waals surface area contributed by atoms with Crippen LogP contribution in [0.5, 0.6) is 0 Å². The highest BCUT2D eigenvalue weighted by Crippen LogP contribution is 2.21. The molecule has 0 fully saturated rings. The molecule has 0 saturated carbocycles. The topological polar surface area (TPSA) is 69.4 Å². The second-order valence-corrected chi connectivity index (χ2v) is 4.41. The summed E-state index contributed by atoms with van der Waals surface area (Å²) in [6.45, 7) is 0. The maximum Gasteiger partial charge on any atom is 0.378 e. The van der Waals surface area contributed by atoms with Crippen molar-refractivity contribution in [3.8, 4) is 11.3 Å². The van der Waals surface area contributed by atoms with Crippen molar-refractivity contribution in [2.75, 3.05) is 7.11 Å². The van der Waals surface area contributed by atoms with Crippen LogP contribution >= 0.6 is 11.6 Å². The van der Waals surface area contributed by atoms with Gasteiger partial charge in [-0.3, -0.25) is 0 Å². The molecule has 0 aliphatic heterocycles. The van der Waals surface area contributed by atoms with Gasteiger partial charge in [-0.15, -0.1) is 5.10 Å². The lowest BCUT2D eigenvalue weighted by Gasteiger charge is -2.03. The zero-order chi connectivity index (χ0) is 14.1. The molecule has 0 atom stereocenters. The van der Waals surface area contributed by atoms with Crippen molar-refractivity contribution >= 4 is 23.3 Å². The number of carbonyl (C=O) groups is 1. The van der Waals surface area contributed by atoms with E-state index in [0.717, 1.165) is 11.3 Å². The molecular formula is C13H9ClN4O2. The number of ether oxygens (including phenoxy) is 1. The van der Waals surface area contributed by atoms with Crippen LogP contribution in [0.4, 0.5) is 0 Å². The average Bonchev–Trinajstić information content (AvgIpc) is 2.91. The smallest absolute Gasteiger partial charge is 0.378 e. The molecule has 2 heterocycles. The van der Waals surface area contributed by atoms with Gasteiger partial charge >= 0.3 is 5.97 Å².